The van der Waals surface area contributed by atoms with Crippen molar-refractivity contribution in [1.82, 2.24) is 10.6 Å². The number of hydrogen-bond donors (Lipinski definition) is 15. The van der Waals surface area contributed by atoms with Gasteiger partial charge in [-0.25, -0.2) is 0 Å². The highest BCUT2D eigenvalue weighted by Crippen LogP contribution is 2.32. The van der Waals surface area contributed by atoms with E-state index in [1.807, 2.05) is 0 Å². The fourth-order valence-corrected chi connectivity index (χ4v) is 5.65. The predicted molar refractivity (Wildman–Crippen MR) is 155 cm³/mol. The van der Waals surface area contributed by atoms with Crippen LogP contribution in [0.25, 0.3) is 0 Å². The van der Waals surface area contributed by atoms with Crippen molar-refractivity contribution in [2.45, 2.75) is 123 Å². The minimum atomic E-state index is -1.89. The van der Waals surface area contributed by atoms with E-state index >= 15 is 0 Å². The summed E-state index contributed by atoms with van der Waals surface area (Å²) in [7, 11) is 0. The number of aliphatic hydroxyl groups excluding tert-OH is 9. The van der Waals surface area contributed by atoms with Crippen LogP contribution in [0.15, 0.2) is 0 Å². The van der Waals surface area contributed by atoms with Crippen LogP contribution < -0.4 is 33.6 Å². The maximum Gasteiger partial charge on any atom is 0.249 e. The summed E-state index contributed by atoms with van der Waals surface area (Å²) >= 11 is 0. The third-order valence-electron chi connectivity index (χ3n) is 8.50. The molecule has 2 aliphatic heterocycles. The van der Waals surface area contributed by atoms with E-state index in [9.17, 15) is 55.5 Å². The smallest absolute Gasteiger partial charge is 0.249 e. The summed E-state index contributed by atoms with van der Waals surface area (Å²) < 4.78 is 22.8. The molecule has 1 saturated carbocycles. The molecule has 19 N–H and O–H groups in total. The Hall–Kier alpha value is -1.74. The Morgan fingerprint density at radius 1 is 0.745 bits per heavy atom. The molecular formula is C26H50N6O15. The number of amides is 2. The Morgan fingerprint density at radius 2 is 1.30 bits per heavy atom. The van der Waals surface area contributed by atoms with Crippen molar-refractivity contribution in [3.05, 3.63) is 0 Å². The van der Waals surface area contributed by atoms with Crippen LogP contribution in [0.1, 0.15) is 19.3 Å². The van der Waals surface area contributed by atoms with Crippen LogP contribution in [-0.2, 0) is 28.5 Å². The van der Waals surface area contributed by atoms with Crippen LogP contribution in [-0.4, -0.2) is 188 Å². The van der Waals surface area contributed by atoms with E-state index in [2.05, 4.69) is 10.6 Å². The third kappa shape index (κ3) is 9.49. The summed E-state index contributed by atoms with van der Waals surface area (Å²) in [6.07, 6.45) is -22.9. The van der Waals surface area contributed by atoms with E-state index in [1.165, 1.54) is 0 Å². The fraction of sp³-hybridized carbons (Fsp3) is 0.923. The highest BCUT2D eigenvalue weighted by molar-refractivity contribution is 5.81. The summed E-state index contributed by atoms with van der Waals surface area (Å²) in [6.45, 7) is -1.15. The zero-order valence-electron chi connectivity index (χ0n) is 25.5. The molecule has 3 aliphatic rings. The Morgan fingerprint density at radius 3 is 1.89 bits per heavy atom. The van der Waals surface area contributed by atoms with E-state index < -0.39 is 129 Å². The van der Waals surface area contributed by atoms with Crippen LogP contribution in [0.3, 0.4) is 0 Å². The van der Waals surface area contributed by atoms with Gasteiger partial charge >= 0.3 is 0 Å². The van der Waals surface area contributed by atoms with Crippen molar-refractivity contribution < 1.29 is 74.5 Å². The summed E-state index contributed by atoms with van der Waals surface area (Å²) in [5, 5.41) is 98.4. The zero-order valence-corrected chi connectivity index (χ0v) is 25.5. The third-order valence-corrected chi connectivity index (χ3v) is 8.50. The van der Waals surface area contributed by atoms with Gasteiger partial charge in [-0.05, 0) is 32.4 Å². The molecule has 0 aromatic rings. The fourth-order valence-electron chi connectivity index (χ4n) is 5.65. The zero-order chi connectivity index (χ0) is 35.2. The lowest BCUT2D eigenvalue weighted by atomic mass is 9.83. The van der Waals surface area contributed by atoms with E-state index in [1.54, 1.807) is 0 Å². The van der Waals surface area contributed by atoms with Crippen LogP contribution in [0.4, 0.5) is 0 Å². The second-order valence-electron chi connectivity index (χ2n) is 11.9. The molecule has 3 fully saturated rings. The van der Waals surface area contributed by atoms with Gasteiger partial charge < -0.3 is 98.5 Å². The molecule has 21 nitrogen and oxygen atoms in total. The Bertz CT molecular complexity index is 1000. The van der Waals surface area contributed by atoms with Crippen molar-refractivity contribution in [3.63, 3.8) is 0 Å². The quantitative estimate of drug-likeness (QED) is 0.0806. The van der Waals surface area contributed by atoms with Gasteiger partial charge in [0.1, 0.15) is 73.2 Å². The molecule has 0 spiro atoms. The van der Waals surface area contributed by atoms with E-state index in [-0.39, 0.29) is 32.4 Å². The van der Waals surface area contributed by atoms with E-state index in [0.717, 1.165) is 0 Å². The van der Waals surface area contributed by atoms with Crippen molar-refractivity contribution in [2.24, 2.45) is 22.9 Å². The Labute approximate surface area is 269 Å². The van der Waals surface area contributed by atoms with Gasteiger partial charge in [-0.15, -0.1) is 0 Å². The van der Waals surface area contributed by atoms with Gasteiger partial charge in [-0.1, -0.05) is 0 Å². The van der Waals surface area contributed by atoms with Gasteiger partial charge in [-0.3, -0.25) is 9.59 Å². The number of nitrogens with two attached hydrogens (primary N) is 4. The second-order valence-corrected chi connectivity index (χ2v) is 11.9. The molecular weight excluding hydrogens is 636 g/mol. The minimum absolute atomic E-state index is 0.0219. The molecule has 2 heterocycles. The topological polar surface area (TPSA) is 381 Å². The summed E-state index contributed by atoms with van der Waals surface area (Å²) in [6, 6.07) is -3.66. The molecule has 47 heavy (non-hydrogen) atoms. The molecule has 0 bridgehead atoms. The number of hydrogen-bond acceptors (Lipinski definition) is 19. The van der Waals surface area contributed by atoms with Crippen LogP contribution in [0.2, 0.25) is 0 Å². The monoisotopic (exact) mass is 686 g/mol. The number of aliphatic hydroxyl groups is 9. The molecule has 0 radical (unpaired) electrons. The lowest BCUT2D eigenvalue weighted by molar-refractivity contribution is -0.333. The van der Waals surface area contributed by atoms with Crippen molar-refractivity contribution in [3.8, 4) is 0 Å². The molecule has 17 atom stereocenters. The molecule has 2 unspecified atom stereocenters. The van der Waals surface area contributed by atoms with E-state index in [0.29, 0.717) is 0 Å². The van der Waals surface area contributed by atoms with Gasteiger partial charge in [0.15, 0.2) is 12.6 Å². The first-order valence-corrected chi connectivity index (χ1v) is 15.3. The maximum atomic E-state index is 12.7. The lowest BCUT2D eigenvalue weighted by Gasteiger charge is -2.49. The number of ether oxygens (including phenoxy) is 4. The largest absolute Gasteiger partial charge is 0.394 e. The van der Waals surface area contributed by atoms with Crippen LogP contribution >= 0.6 is 0 Å². The molecule has 21 heteroatoms. The second kappa shape index (κ2) is 17.8. The van der Waals surface area contributed by atoms with Gasteiger partial charge in [0.2, 0.25) is 11.8 Å². The number of carbonyl (C=O) groups excluding carboxylic acids is 2. The van der Waals surface area contributed by atoms with Crippen molar-refractivity contribution in [2.75, 3.05) is 26.2 Å². The molecule has 3 rings (SSSR count). The van der Waals surface area contributed by atoms with Crippen LogP contribution in [0.5, 0.6) is 0 Å². The Balaban J connectivity index is 1.82. The molecule has 0 aromatic heterocycles. The average Bonchev–Trinajstić information content (AvgIpc) is 3.03. The van der Waals surface area contributed by atoms with Gasteiger partial charge in [0, 0.05) is 12.6 Å². The molecule has 2 saturated heterocycles. The predicted octanol–water partition coefficient (Wildman–Crippen LogP) is -9.56. The lowest BCUT2D eigenvalue weighted by Crippen LogP contribution is -2.69. The molecule has 1 aliphatic carbocycles. The average molecular weight is 687 g/mol. The van der Waals surface area contributed by atoms with Gasteiger partial charge in [0.25, 0.3) is 0 Å². The first kappa shape index (κ1) is 39.7. The van der Waals surface area contributed by atoms with Gasteiger partial charge in [-0.2, -0.15) is 0 Å². The summed E-state index contributed by atoms with van der Waals surface area (Å²) in [5.74, 6) is -1.72. The summed E-state index contributed by atoms with van der Waals surface area (Å²) in [5.41, 5.74) is 23.0. The van der Waals surface area contributed by atoms with E-state index in [4.69, 9.17) is 41.9 Å². The van der Waals surface area contributed by atoms with Gasteiger partial charge in [0.05, 0.1) is 18.7 Å². The molecule has 0 aromatic carbocycles. The number of carbonyl (C=O) groups is 2. The highest BCUT2D eigenvalue weighted by atomic mass is 16.7. The highest BCUT2D eigenvalue weighted by Gasteiger charge is 2.52. The van der Waals surface area contributed by atoms with Crippen molar-refractivity contribution in [1.29, 1.82) is 0 Å². The molecule has 274 valence electrons. The first-order chi connectivity index (χ1) is 22.2. The van der Waals surface area contributed by atoms with Crippen LogP contribution in [0, 0.1) is 0 Å². The SMILES string of the molecule is NCCC(O)C(=O)NC[C@H]1O[C@H](O[C@H]2[C@H](O)[C@@H](O[C@H]3O[C@H](CO)[C@@H](O)[C@H](N)[C@H]3O)[C@H](NC(=O)C(O)CCN)C[C@@H]2N)[C@H](O)[C@@H](O)[C@@H]1O. The Kier molecular flexibility index (Phi) is 15.0. The normalized spacial score (nSPS) is 42.4. The maximum absolute atomic E-state index is 12.7. The minimum Gasteiger partial charge on any atom is -0.394 e. The standard InChI is InChI=1S/C26H50N6O15/c27-3-1-10(34)23(42)31-6-12-16(37)18(39)19(40)26(44-12)46-21-8(29)5-9(32-24(43)11(35)2-4-28)22(20(21)41)47-25-17(38)14(30)15(36)13(7-33)45-25/h8-22,25-26,33-41H,1-7,27-30H2,(H,31,42)(H,32,43)/t8-,9+,10?,11?,12+,13+,14-,15+,16+,17+,18-,19+,20-,21+,22-,25+,26+/m0/s1. The number of nitrogens with one attached hydrogen (secondary N) is 2. The first-order valence-electron chi connectivity index (χ1n) is 15.3. The molecule has 2 amide bonds. The summed E-state index contributed by atoms with van der Waals surface area (Å²) in [4.78, 5) is 24.8. The number of rotatable bonds is 14. The van der Waals surface area contributed by atoms with Crippen molar-refractivity contribution >= 4 is 11.8 Å².